The van der Waals surface area contributed by atoms with Gasteiger partial charge in [-0.25, -0.2) is 0 Å². The number of nitrogens with one attached hydrogen (secondary N) is 1. The maximum atomic E-state index is 10.6. The molecule has 1 heterocycles. The number of aromatic nitrogens is 1. The number of H-pyrrole nitrogens is 1. The van der Waals surface area contributed by atoms with Crippen LogP contribution in [0.4, 0.5) is 0 Å². The molecule has 1 atom stereocenters. The molecule has 2 rings (SSSR count). The van der Waals surface area contributed by atoms with Crippen LogP contribution in [0.25, 0.3) is 10.9 Å². The molecule has 0 spiro atoms. The first-order chi connectivity index (χ1) is 7.18. The van der Waals surface area contributed by atoms with E-state index >= 15 is 0 Å². The van der Waals surface area contributed by atoms with Crippen LogP contribution >= 0.6 is 0 Å². The molecule has 82 valence electrons. The molecule has 2 aromatic rings. The van der Waals surface area contributed by atoms with E-state index in [0.717, 1.165) is 16.5 Å². The van der Waals surface area contributed by atoms with Gasteiger partial charge in [-0.05, 0) is 11.6 Å². The molecule has 0 radical (unpaired) electrons. The second-order valence-electron chi connectivity index (χ2n) is 3.51. The zero-order valence-corrected chi connectivity index (χ0v) is 8.10. The van der Waals surface area contributed by atoms with Crippen molar-refractivity contribution in [1.82, 2.24) is 4.98 Å². The fraction of sp³-hybridized carbons (Fsp3) is 0.182. The predicted octanol–water partition coefficient (Wildman–Crippen LogP) is 0.206. The fourth-order valence-corrected chi connectivity index (χ4v) is 1.62. The topological polar surface area (TPSA) is 79.1 Å². The standard InChI is InChI=1S/C11H12N2O2.Ca.2H/c12-9(11(14)15)5-7-6-13-10-4-2-1-3-8(7)10;;;/h1-4,6,9,13H,5,12H2,(H,14,15);;;/t9-;;;/m0.../s1. The Bertz CT molecular complexity index is 495. The summed E-state index contributed by atoms with van der Waals surface area (Å²) in [7, 11) is 0. The van der Waals surface area contributed by atoms with Gasteiger partial charge >= 0.3 is 43.7 Å². The number of hydrogen-bond acceptors (Lipinski definition) is 2. The van der Waals surface area contributed by atoms with Crippen LogP contribution in [0.5, 0.6) is 0 Å². The molecule has 0 aliphatic carbocycles. The third-order valence-electron chi connectivity index (χ3n) is 2.43. The number of aromatic amines is 1. The predicted molar refractivity (Wildman–Crippen MR) is 66.2 cm³/mol. The number of carboxylic acid groups (broad SMARTS) is 1. The zero-order chi connectivity index (χ0) is 10.8. The van der Waals surface area contributed by atoms with Gasteiger partial charge in [-0.2, -0.15) is 0 Å². The Kier molecular flexibility index (Phi) is 4.80. The van der Waals surface area contributed by atoms with Gasteiger partial charge in [0.1, 0.15) is 6.04 Å². The van der Waals surface area contributed by atoms with Gasteiger partial charge in [-0.1, -0.05) is 18.2 Å². The number of benzene rings is 1. The van der Waals surface area contributed by atoms with Crippen molar-refractivity contribution in [3.63, 3.8) is 0 Å². The number of carbonyl (C=O) groups is 1. The van der Waals surface area contributed by atoms with Gasteiger partial charge in [0.15, 0.2) is 0 Å². The van der Waals surface area contributed by atoms with Crippen molar-refractivity contribution in [2.75, 3.05) is 0 Å². The summed E-state index contributed by atoms with van der Waals surface area (Å²) < 4.78 is 0. The van der Waals surface area contributed by atoms with Gasteiger partial charge in [-0.15, -0.1) is 0 Å². The number of para-hydroxylation sites is 1. The van der Waals surface area contributed by atoms with E-state index in [1.165, 1.54) is 0 Å². The molecule has 0 saturated heterocycles. The van der Waals surface area contributed by atoms with Crippen molar-refractivity contribution in [3.8, 4) is 0 Å². The Morgan fingerprint density at radius 1 is 1.44 bits per heavy atom. The van der Waals surface area contributed by atoms with Crippen molar-refractivity contribution >= 4 is 54.6 Å². The molecule has 0 amide bonds. The van der Waals surface area contributed by atoms with Crippen molar-refractivity contribution in [2.45, 2.75) is 12.5 Å². The average Bonchev–Trinajstić information content (AvgIpc) is 2.62. The summed E-state index contributed by atoms with van der Waals surface area (Å²) in [6, 6.07) is 6.91. The Morgan fingerprint density at radius 2 is 2.12 bits per heavy atom. The maximum absolute atomic E-state index is 10.6. The molecule has 4 nitrogen and oxygen atoms in total. The Morgan fingerprint density at radius 3 is 2.81 bits per heavy atom. The second-order valence-corrected chi connectivity index (χ2v) is 3.51. The Hall–Kier alpha value is -0.550. The summed E-state index contributed by atoms with van der Waals surface area (Å²) in [6.45, 7) is 0. The summed E-state index contributed by atoms with van der Waals surface area (Å²) in [5.74, 6) is -0.972. The number of fused-ring (bicyclic) bond motifs is 1. The van der Waals surface area contributed by atoms with E-state index in [0.29, 0.717) is 6.42 Å². The minimum absolute atomic E-state index is 0. The molecule has 0 saturated carbocycles. The van der Waals surface area contributed by atoms with Gasteiger partial charge in [0.25, 0.3) is 0 Å². The van der Waals surface area contributed by atoms with Crippen molar-refractivity contribution < 1.29 is 9.90 Å². The zero-order valence-electron chi connectivity index (χ0n) is 8.10. The van der Waals surface area contributed by atoms with Gasteiger partial charge in [0.2, 0.25) is 0 Å². The normalized spacial score (nSPS) is 12.1. The number of rotatable bonds is 3. The molecule has 0 fully saturated rings. The average molecular weight is 246 g/mol. The molecule has 0 bridgehead atoms. The summed E-state index contributed by atoms with van der Waals surface area (Å²) in [4.78, 5) is 13.7. The van der Waals surface area contributed by atoms with E-state index in [9.17, 15) is 4.79 Å². The quantitative estimate of drug-likeness (QED) is 0.677. The molecule has 16 heavy (non-hydrogen) atoms. The molecule has 0 aliphatic rings. The molecule has 4 N–H and O–H groups in total. The van der Waals surface area contributed by atoms with E-state index in [2.05, 4.69) is 4.98 Å². The minimum atomic E-state index is -0.972. The van der Waals surface area contributed by atoms with E-state index < -0.39 is 12.0 Å². The molecule has 0 aliphatic heterocycles. The van der Waals surface area contributed by atoms with Gasteiger partial charge in [0, 0.05) is 23.5 Å². The monoisotopic (exact) mass is 246 g/mol. The molecule has 0 unspecified atom stereocenters. The van der Waals surface area contributed by atoms with Crippen LogP contribution in [0.1, 0.15) is 5.56 Å². The Balaban J connectivity index is 0.00000128. The fourth-order valence-electron chi connectivity index (χ4n) is 1.62. The van der Waals surface area contributed by atoms with E-state index in [-0.39, 0.29) is 37.7 Å². The SMILES string of the molecule is N[C@@H](Cc1c[nH]c2ccccc12)C(=O)O.[CaH2]. The third-order valence-corrected chi connectivity index (χ3v) is 2.43. The number of nitrogens with two attached hydrogens (primary N) is 1. The summed E-state index contributed by atoms with van der Waals surface area (Å²) in [5.41, 5.74) is 7.43. The summed E-state index contributed by atoms with van der Waals surface area (Å²) in [5, 5.41) is 9.75. The number of carboxylic acids is 1. The number of aliphatic carboxylic acids is 1. The Labute approximate surface area is 123 Å². The molecule has 5 heteroatoms. The van der Waals surface area contributed by atoms with Crippen LogP contribution in [-0.4, -0.2) is 59.8 Å². The summed E-state index contributed by atoms with van der Waals surface area (Å²) in [6.07, 6.45) is 2.16. The first kappa shape index (κ1) is 13.5. The van der Waals surface area contributed by atoms with Crippen LogP contribution in [0, 0.1) is 0 Å². The third kappa shape index (κ3) is 2.77. The van der Waals surface area contributed by atoms with E-state index in [4.69, 9.17) is 10.8 Å². The van der Waals surface area contributed by atoms with E-state index in [1.807, 2.05) is 30.5 Å². The van der Waals surface area contributed by atoms with Crippen LogP contribution in [-0.2, 0) is 11.2 Å². The number of hydrogen-bond donors (Lipinski definition) is 3. The van der Waals surface area contributed by atoms with Crippen molar-refractivity contribution in [2.24, 2.45) is 5.73 Å². The van der Waals surface area contributed by atoms with Gasteiger partial charge < -0.3 is 15.8 Å². The van der Waals surface area contributed by atoms with Crippen LogP contribution in [0.3, 0.4) is 0 Å². The van der Waals surface area contributed by atoms with E-state index in [1.54, 1.807) is 0 Å². The molecular formula is C11H14CaN2O2. The summed E-state index contributed by atoms with van der Waals surface area (Å²) >= 11 is 0. The van der Waals surface area contributed by atoms with Crippen molar-refractivity contribution in [3.05, 3.63) is 36.0 Å². The first-order valence-corrected chi connectivity index (χ1v) is 4.72. The second kappa shape index (κ2) is 5.68. The van der Waals surface area contributed by atoms with Crippen LogP contribution in [0.15, 0.2) is 30.5 Å². The first-order valence-electron chi connectivity index (χ1n) is 4.72. The molecule has 1 aromatic carbocycles. The van der Waals surface area contributed by atoms with Crippen LogP contribution in [0.2, 0.25) is 0 Å². The van der Waals surface area contributed by atoms with Crippen LogP contribution < -0.4 is 5.73 Å². The molecular weight excluding hydrogens is 232 g/mol. The van der Waals surface area contributed by atoms with Crippen molar-refractivity contribution in [1.29, 1.82) is 0 Å². The van der Waals surface area contributed by atoms with Gasteiger partial charge in [0.05, 0.1) is 0 Å². The molecule has 1 aromatic heterocycles. The van der Waals surface area contributed by atoms with Gasteiger partial charge in [-0.3, -0.25) is 4.79 Å².